The van der Waals surface area contributed by atoms with E-state index in [0.717, 1.165) is 10.6 Å². The molecule has 2 amide bonds. The van der Waals surface area contributed by atoms with E-state index in [1.807, 2.05) is 18.7 Å². The Bertz CT molecular complexity index is 967. The number of anilines is 1. The second-order valence-electron chi connectivity index (χ2n) is 7.23. The largest absolute Gasteiger partial charge is 0.337 e. The molecule has 1 aliphatic rings. The summed E-state index contributed by atoms with van der Waals surface area (Å²) in [5.41, 5.74) is 1.45. The molecular weight excluding hydrogens is 392 g/mol. The van der Waals surface area contributed by atoms with E-state index in [-0.39, 0.29) is 17.5 Å². The van der Waals surface area contributed by atoms with Crippen LogP contribution in [0.1, 0.15) is 36.4 Å². The van der Waals surface area contributed by atoms with Crippen LogP contribution in [-0.2, 0) is 22.6 Å². The number of nitrogens with zero attached hydrogens (tertiary/aromatic N) is 3. The summed E-state index contributed by atoms with van der Waals surface area (Å²) in [7, 11) is 0. The standard InChI is InChI=1S/C20H22N4O4S/c1-13(2)10-19(26)23-9-8-16-17(12-23)29-20(21-16)22-18(25)7-6-14-4-3-5-15(11-14)24(27)28/h3-7,11,13H,8-10,12H2,1-2H3,(H,21,22,25)/b7-6+. The van der Waals surface area contributed by atoms with Crippen LogP contribution < -0.4 is 5.32 Å². The summed E-state index contributed by atoms with van der Waals surface area (Å²) in [6, 6.07) is 6.04. The molecule has 1 aliphatic heterocycles. The van der Waals surface area contributed by atoms with Crippen LogP contribution in [0.3, 0.4) is 0 Å². The third-order valence-corrected chi connectivity index (χ3v) is 5.40. The number of hydrogen-bond donors (Lipinski definition) is 1. The number of rotatable bonds is 6. The van der Waals surface area contributed by atoms with E-state index in [1.54, 1.807) is 12.1 Å². The quantitative estimate of drug-likeness (QED) is 0.441. The van der Waals surface area contributed by atoms with Gasteiger partial charge < -0.3 is 4.90 Å². The van der Waals surface area contributed by atoms with Gasteiger partial charge in [0.2, 0.25) is 11.8 Å². The van der Waals surface area contributed by atoms with Crippen molar-refractivity contribution in [2.75, 3.05) is 11.9 Å². The molecule has 0 bridgehead atoms. The van der Waals surface area contributed by atoms with E-state index >= 15 is 0 Å². The summed E-state index contributed by atoms with van der Waals surface area (Å²) in [5.74, 6) is 0.0953. The normalized spacial score (nSPS) is 13.6. The summed E-state index contributed by atoms with van der Waals surface area (Å²) in [5, 5.41) is 14.0. The molecule has 0 saturated heterocycles. The zero-order valence-electron chi connectivity index (χ0n) is 16.3. The molecule has 0 fully saturated rings. The topological polar surface area (TPSA) is 105 Å². The van der Waals surface area contributed by atoms with Crippen molar-refractivity contribution in [3.63, 3.8) is 0 Å². The molecule has 8 nitrogen and oxygen atoms in total. The van der Waals surface area contributed by atoms with E-state index in [2.05, 4.69) is 10.3 Å². The number of nitrogens with one attached hydrogen (secondary N) is 1. The Balaban J connectivity index is 1.61. The minimum atomic E-state index is -0.479. The molecule has 0 atom stereocenters. The van der Waals surface area contributed by atoms with Crippen LogP contribution in [0.5, 0.6) is 0 Å². The van der Waals surface area contributed by atoms with Gasteiger partial charge in [-0.1, -0.05) is 37.3 Å². The van der Waals surface area contributed by atoms with Crippen LogP contribution in [0.15, 0.2) is 30.3 Å². The van der Waals surface area contributed by atoms with Crippen LogP contribution in [0.25, 0.3) is 6.08 Å². The predicted octanol–water partition coefficient (Wildman–Crippen LogP) is 3.63. The Morgan fingerprint density at radius 2 is 2.21 bits per heavy atom. The van der Waals surface area contributed by atoms with Gasteiger partial charge in [0.1, 0.15) is 0 Å². The van der Waals surface area contributed by atoms with Gasteiger partial charge in [-0.25, -0.2) is 4.98 Å². The fourth-order valence-corrected chi connectivity index (χ4v) is 4.03. The van der Waals surface area contributed by atoms with Crippen LogP contribution in [0.4, 0.5) is 10.8 Å². The molecular formula is C20H22N4O4S. The van der Waals surface area contributed by atoms with Crippen LogP contribution >= 0.6 is 11.3 Å². The number of aromatic nitrogens is 1. The molecule has 29 heavy (non-hydrogen) atoms. The van der Waals surface area contributed by atoms with Crippen molar-refractivity contribution in [3.05, 3.63) is 56.6 Å². The minimum Gasteiger partial charge on any atom is -0.337 e. The first kappa shape index (κ1) is 20.7. The number of non-ortho nitro benzene ring substituents is 1. The van der Waals surface area contributed by atoms with Crippen LogP contribution in [0, 0.1) is 16.0 Å². The minimum absolute atomic E-state index is 0.0308. The highest BCUT2D eigenvalue weighted by Gasteiger charge is 2.24. The van der Waals surface area contributed by atoms with Crippen molar-refractivity contribution in [2.24, 2.45) is 5.92 Å². The van der Waals surface area contributed by atoms with Crippen LogP contribution in [-0.4, -0.2) is 33.2 Å². The van der Waals surface area contributed by atoms with Crippen LogP contribution in [0.2, 0.25) is 0 Å². The molecule has 0 unspecified atom stereocenters. The third kappa shape index (κ3) is 5.47. The molecule has 1 aromatic carbocycles. The molecule has 0 aliphatic carbocycles. The maximum atomic E-state index is 12.3. The van der Waals surface area contributed by atoms with Gasteiger partial charge in [-0.2, -0.15) is 0 Å². The van der Waals surface area contributed by atoms with Gasteiger partial charge in [0.15, 0.2) is 5.13 Å². The van der Waals surface area contributed by atoms with Gasteiger partial charge >= 0.3 is 0 Å². The highest BCUT2D eigenvalue weighted by molar-refractivity contribution is 7.15. The first-order valence-corrected chi connectivity index (χ1v) is 10.1. The Hall–Kier alpha value is -3.07. The Labute approximate surface area is 172 Å². The van der Waals surface area contributed by atoms with Crippen molar-refractivity contribution in [1.82, 2.24) is 9.88 Å². The first-order chi connectivity index (χ1) is 13.8. The zero-order valence-corrected chi connectivity index (χ0v) is 17.1. The number of nitro benzene ring substituents is 1. The molecule has 2 heterocycles. The number of fused-ring (bicyclic) bond motifs is 1. The lowest BCUT2D eigenvalue weighted by Gasteiger charge is -2.26. The van der Waals surface area contributed by atoms with E-state index < -0.39 is 4.92 Å². The second kappa shape index (κ2) is 8.95. The lowest BCUT2D eigenvalue weighted by molar-refractivity contribution is -0.384. The zero-order chi connectivity index (χ0) is 21.0. The van der Waals surface area contributed by atoms with E-state index in [4.69, 9.17) is 0 Å². The second-order valence-corrected chi connectivity index (χ2v) is 8.31. The SMILES string of the molecule is CC(C)CC(=O)N1CCc2nc(NC(=O)/C=C/c3cccc([N+](=O)[O-])c3)sc2C1. The highest BCUT2D eigenvalue weighted by Crippen LogP contribution is 2.29. The van der Waals surface area contributed by atoms with Crippen molar-refractivity contribution in [1.29, 1.82) is 0 Å². The fraction of sp³-hybridized carbons (Fsp3) is 0.350. The third-order valence-electron chi connectivity index (χ3n) is 4.41. The number of carbonyl (C=O) groups is 2. The van der Waals surface area contributed by atoms with Gasteiger partial charge in [0.05, 0.1) is 17.2 Å². The first-order valence-electron chi connectivity index (χ1n) is 9.31. The molecule has 3 rings (SSSR count). The molecule has 0 spiro atoms. The number of hydrogen-bond acceptors (Lipinski definition) is 6. The molecule has 0 radical (unpaired) electrons. The Morgan fingerprint density at radius 3 is 2.93 bits per heavy atom. The van der Waals surface area contributed by atoms with E-state index in [9.17, 15) is 19.7 Å². The molecule has 1 N–H and O–H groups in total. The van der Waals surface area contributed by atoms with E-state index in [0.29, 0.717) is 42.5 Å². The van der Waals surface area contributed by atoms with Gasteiger partial charge in [0, 0.05) is 42.5 Å². The van der Waals surface area contributed by atoms with Gasteiger partial charge in [-0.15, -0.1) is 0 Å². The predicted molar refractivity (Wildman–Crippen MR) is 111 cm³/mol. The lowest BCUT2D eigenvalue weighted by atomic mass is 10.1. The maximum Gasteiger partial charge on any atom is 0.270 e. The number of amides is 2. The number of nitro groups is 1. The summed E-state index contributed by atoms with van der Waals surface area (Å²) in [6.07, 6.45) is 4.04. The van der Waals surface area contributed by atoms with Gasteiger partial charge in [0.25, 0.3) is 5.69 Å². The number of thiazole rings is 1. The molecule has 152 valence electrons. The van der Waals surface area contributed by atoms with Crippen molar-refractivity contribution in [3.8, 4) is 0 Å². The average Bonchev–Trinajstić information content (AvgIpc) is 3.07. The Morgan fingerprint density at radius 1 is 1.41 bits per heavy atom. The lowest BCUT2D eigenvalue weighted by Crippen LogP contribution is -2.36. The fourth-order valence-electron chi connectivity index (χ4n) is 3.00. The monoisotopic (exact) mass is 414 g/mol. The highest BCUT2D eigenvalue weighted by atomic mass is 32.1. The average molecular weight is 414 g/mol. The summed E-state index contributed by atoms with van der Waals surface area (Å²) in [4.78, 5) is 42.1. The summed E-state index contributed by atoms with van der Waals surface area (Å²) < 4.78 is 0. The molecule has 0 saturated carbocycles. The summed E-state index contributed by atoms with van der Waals surface area (Å²) >= 11 is 1.37. The van der Waals surface area contributed by atoms with Crippen molar-refractivity contribution >= 4 is 40.0 Å². The number of carbonyl (C=O) groups excluding carboxylic acids is 2. The van der Waals surface area contributed by atoms with Gasteiger partial charge in [-0.3, -0.25) is 25.0 Å². The smallest absolute Gasteiger partial charge is 0.270 e. The summed E-state index contributed by atoms with van der Waals surface area (Å²) in [6.45, 7) is 5.21. The Kier molecular flexibility index (Phi) is 6.38. The molecule has 1 aromatic heterocycles. The molecule has 2 aromatic rings. The maximum absolute atomic E-state index is 12.3. The molecule has 9 heteroatoms. The van der Waals surface area contributed by atoms with E-state index in [1.165, 1.54) is 35.6 Å². The van der Waals surface area contributed by atoms with Gasteiger partial charge in [-0.05, 0) is 17.6 Å². The van der Waals surface area contributed by atoms with Crippen molar-refractivity contribution < 1.29 is 14.5 Å². The van der Waals surface area contributed by atoms with Crippen molar-refractivity contribution in [2.45, 2.75) is 33.2 Å². The number of benzene rings is 1.